The fraction of sp³-hybridized carbons (Fsp3) is 0.500. The largest absolute Gasteiger partial charge is 0.396 e. The van der Waals surface area contributed by atoms with Gasteiger partial charge in [0.25, 0.3) is 0 Å². The van der Waals surface area contributed by atoms with Gasteiger partial charge >= 0.3 is 0 Å². The van der Waals surface area contributed by atoms with Crippen molar-refractivity contribution in [3.05, 3.63) is 35.9 Å². The molecular weight excluding hydrogens is 236 g/mol. The van der Waals surface area contributed by atoms with Crippen LogP contribution in [-0.4, -0.2) is 23.4 Å². The highest BCUT2D eigenvalue weighted by Gasteiger charge is 2.26. The van der Waals surface area contributed by atoms with Gasteiger partial charge in [0, 0.05) is 24.3 Å². The zero-order valence-corrected chi connectivity index (χ0v) is 10.8. The highest BCUT2D eigenvalue weighted by atomic mass is 35.5. The summed E-state index contributed by atoms with van der Waals surface area (Å²) in [4.78, 5) is 10.4. The summed E-state index contributed by atoms with van der Waals surface area (Å²) in [6, 6.07) is 9.94. The average Bonchev–Trinajstić information content (AvgIpc) is 2.37. The molecule has 1 aromatic rings. The van der Waals surface area contributed by atoms with Crippen LogP contribution in [0.2, 0.25) is 0 Å². The second-order valence-corrected chi connectivity index (χ2v) is 4.92. The van der Waals surface area contributed by atoms with E-state index in [1.165, 1.54) is 0 Å². The molecule has 0 aliphatic rings. The van der Waals surface area contributed by atoms with Crippen LogP contribution in [0, 0.1) is 5.92 Å². The third-order valence-corrected chi connectivity index (χ3v) is 3.53. The minimum absolute atomic E-state index is 0.0859. The zero-order chi connectivity index (χ0) is 12.7. The Labute approximate surface area is 108 Å². The maximum absolute atomic E-state index is 10.4. The Balaban J connectivity index is 2.84. The lowest BCUT2D eigenvalue weighted by atomic mass is 9.83. The molecule has 0 amide bonds. The smallest absolute Gasteiger partial charge is 0.120 e. The minimum atomic E-state index is -0.121. The van der Waals surface area contributed by atoms with Gasteiger partial charge in [0.05, 0.1) is 0 Å². The summed E-state index contributed by atoms with van der Waals surface area (Å²) >= 11 is 6.36. The Morgan fingerprint density at radius 2 is 2.00 bits per heavy atom. The number of aliphatic hydroxyl groups is 1. The topological polar surface area (TPSA) is 37.3 Å². The molecule has 1 rings (SSSR count). The van der Waals surface area contributed by atoms with E-state index < -0.39 is 0 Å². The van der Waals surface area contributed by atoms with Crippen molar-refractivity contribution in [2.24, 2.45) is 5.92 Å². The van der Waals surface area contributed by atoms with Gasteiger partial charge in [-0.2, -0.15) is 0 Å². The van der Waals surface area contributed by atoms with Crippen molar-refractivity contribution in [2.45, 2.75) is 31.1 Å². The van der Waals surface area contributed by atoms with Gasteiger partial charge in [0.15, 0.2) is 0 Å². The number of carbonyl (C=O) groups excluding carboxylic acids is 1. The van der Waals surface area contributed by atoms with E-state index in [4.69, 9.17) is 11.6 Å². The summed E-state index contributed by atoms with van der Waals surface area (Å²) in [6.45, 7) is 2.08. The molecule has 94 valence electrons. The molecule has 2 nitrogen and oxygen atoms in total. The standard InChI is InChI=1S/C14H19ClO2/c1-11(10-17)14(13(15)8-5-9-16)12-6-3-2-4-7-12/h2-4,6-7,9,11,13-14,17H,5,8,10H2,1H3. The van der Waals surface area contributed by atoms with Gasteiger partial charge in [-0.25, -0.2) is 0 Å². The van der Waals surface area contributed by atoms with Gasteiger partial charge in [-0.3, -0.25) is 0 Å². The van der Waals surface area contributed by atoms with Crippen LogP contribution >= 0.6 is 11.6 Å². The predicted octanol–water partition coefficient (Wildman–Crippen LogP) is 2.99. The van der Waals surface area contributed by atoms with Crippen LogP contribution < -0.4 is 0 Å². The highest BCUT2D eigenvalue weighted by molar-refractivity contribution is 6.21. The molecule has 0 saturated heterocycles. The molecule has 0 bridgehead atoms. The maximum atomic E-state index is 10.4. The fourth-order valence-corrected chi connectivity index (χ4v) is 2.61. The molecule has 0 spiro atoms. The summed E-state index contributed by atoms with van der Waals surface area (Å²) in [5, 5.41) is 9.19. The number of rotatable bonds is 7. The number of alkyl halides is 1. The lowest BCUT2D eigenvalue weighted by Crippen LogP contribution is -2.23. The Hall–Kier alpha value is -0.860. The zero-order valence-electron chi connectivity index (χ0n) is 10.1. The summed E-state index contributed by atoms with van der Waals surface area (Å²) in [5.41, 5.74) is 1.12. The molecular formula is C14H19ClO2. The molecule has 0 fully saturated rings. The molecule has 17 heavy (non-hydrogen) atoms. The molecule has 0 aliphatic heterocycles. The van der Waals surface area contributed by atoms with E-state index in [0.717, 1.165) is 11.8 Å². The summed E-state index contributed by atoms with van der Waals surface area (Å²) in [5.74, 6) is 0.175. The van der Waals surface area contributed by atoms with Gasteiger partial charge in [0.1, 0.15) is 6.29 Å². The molecule has 0 radical (unpaired) electrons. The molecule has 0 saturated carbocycles. The summed E-state index contributed by atoms with van der Waals surface area (Å²) < 4.78 is 0. The molecule has 1 aromatic carbocycles. The first-order chi connectivity index (χ1) is 8.20. The van der Waals surface area contributed by atoms with Crippen molar-refractivity contribution in [1.29, 1.82) is 0 Å². The van der Waals surface area contributed by atoms with Gasteiger partial charge in [-0.1, -0.05) is 37.3 Å². The van der Waals surface area contributed by atoms with Crippen molar-refractivity contribution in [3.8, 4) is 0 Å². The maximum Gasteiger partial charge on any atom is 0.120 e. The van der Waals surface area contributed by atoms with E-state index in [9.17, 15) is 9.90 Å². The van der Waals surface area contributed by atoms with E-state index >= 15 is 0 Å². The molecule has 0 aromatic heterocycles. The van der Waals surface area contributed by atoms with Crippen LogP contribution in [-0.2, 0) is 4.79 Å². The summed E-state index contributed by atoms with van der Waals surface area (Å²) in [6.07, 6.45) is 2.01. The van der Waals surface area contributed by atoms with Crippen LogP contribution in [0.3, 0.4) is 0 Å². The third-order valence-electron chi connectivity index (χ3n) is 3.04. The number of aldehydes is 1. The molecule has 0 aliphatic carbocycles. The van der Waals surface area contributed by atoms with Crippen LogP contribution in [0.15, 0.2) is 30.3 Å². The lowest BCUT2D eigenvalue weighted by Gasteiger charge is -2.27. The number of benzene rings is 1. The van der Waals surface area contributed by atoms with Crippen LogP contribution in [0.1, 0.15) is 31.2 Å². The monoisotopic (exact) mass is 254 g/mol. The molecule has 0 heterocycles. The first-order valence-corrected chi connectivity index (χ1v) is 6.37. The van der Waals surface area contributed by atoms with Crippen LogP contribution in [0.25, 0.3) is 0 Å². The third kappa shape index (κ3) is 4.14. The molecule has 1 N–H and O–H groups in total. The molecule has 3 heteroatoms. The first kappa shape index (κ1) is 14.2. The quantitative estimate of drug-likeness (QED) is 0.600. The van der Waals surface area contributed by atoms with E-state index in [0.29, 0.717) is 12.8 Å². The number of hydrogen-bond acceptors (Lipinski definition) is 2. The van der Waals surface area contributed by atoms with Crippen LogP contribution in [0.4, 0.5) is 0 Å². The summed E-state index contributed by atoms with van der Waals surface area (Å²) in [7, 11) is 0. The Bertz CT molecular complexity index is 326. The van der Waals surface area contributed by atoms with Crippen molar-refractivity contribution in [1.82, 2.24) is 0 Å². The van der Waals surface area contributed by atoms with E-state index in [1.807, 2.05) is 37.3 Å². The highest BCUT2D eigenvalue weighted by Crippen LogP contribution is 2.33. The number of carbonyl (C=O) groups is 1. The Kier molecular flexibility index (Phi) is 6.23. The number of hydrogen-bond donors (Lipinski definition) is 1. The van der Waals surface area contributed by atoms with E-state index in [1.54, 1.807) is 0 Å². The normalized spacial score (nSPS) is 16.2. The fourth-order valence-electron chi connectivity index (χ4n) is 2.09. The SMILES string of the molecule is CC(CO)C(c1ccccc1)C(Cl)CCC=O. The minimum Gasteiger partial charge on any atom is -0.396 e. The second kappa shape index (κ2) is 7.46. The molecule has 3 atom stereocenters. The van der Waals surface area contributed by atoms with Gasteiger partial charge < -0.3 is 9.90 Å². The van der Waals surface area contributed by atoms with Gasteiger partial charge in [0.2, 0.25) is 0 Å². The van der Waals surface area contributed by atoms with Gasteiger partial charge in [-0.05, 0) is 17.9 Å². The number of halogens is 1. The second-order valence-electron chi connectivity index (χ2n) is 4.36. The van der Waals surface area contributed by atoms with E-state index in [2.05, 4.69) is 0 Å². The Morgan fingerprint density at radius 1 is 1.35 bits per heavy atom. The average molecular weight is 255 g/mol. The van der Waals surface area contributed by atoms with Gasteiger partial charge in [-0.15, -0.1) is 11.6 Å². The lowest BCUT2D eigenvalue weighted by molar-refractivity contribution is -0.107. The predicted molar refractivity (Wildman–Crippen MR) is 70.4 cm³/mol. The first-order valence-electron chi connectivity index (χ1n) is 5.94. The molecule has 3 unspecified atom stereocenters. The van der Waals surface area contributed by atoms with Crippen molar-refractivity contribution >= 4 is 17.9 Å². The van der Waals surface area contributed by atoms with Crippen molar-refractivity contribution < 1.29 is 9.90 Å². The van der Waals surface area contributed by atoms with Crippen molar-refractivity contribution in [2.75, 3.05) is 6.61 Å². The van der Waals surface area contributed by atoms with Crippen molar-refractivity contribution in [3.63, 3.8) is 0 Å². The van der Waals surface area contributed by atoms with E-state index in [-0.39, 0.29) is 23.8 Å². The van der Waals surface area contributed by atoms with Crippen LogP contribution in [0.5, 0.6) is 0 Å². The number of aliphatic hydroxyl groups excluding tert-OH is 1. The Morgan fingerprint density at radius 3 is 2.53 bits per heavy atom.